The monoisotopic (exact) mass is 287 g/mol. The highest BCUT2D eigenvalue weighted by molar-refractivity contribution is 5.45. The van der Waals surface area contributed by atoms with Crippen LogP contribution in [-0.2, 0) is 6.42 Å². The van der Waals surface area contributed by atoms with Crippen molar-refractivity contribution in [1.82, 2.24) is 29.4 Å². The van der Waals surface area contributed by atoms with E-state index in [-0.39, 0.29) is 0 Å². The fourth-order valence-electron chi connectivity index (χ4n) is 3.31. The molecule has 0 aliphatic carbocycles. The summed E-state index contributed by atoms with van der Waals surface area (Å²) >= 11 is 0. The van der Waals surface area contributed by atoms with E-state index in [1.807, 2.05) is 0 Å². The van der Waals surface area contributed by atoms with Crippen molar-refractivity contribution in [2.45, 2.75) is 19.4 Å². The maximum absolute atomic E-state index is 4.48. The van der Waals surface area contributed by atoms with Crippen molar-refractivity contribution in [1.29, 1.82) is 0 Å². The predicted octanol–water partition coefficient (Wildman–Crippen LogP) is 0.0984. The highest BCUT2D eigenvalue weighted by atomic mass is 15.4. The number of anilines is 1. The third-order valence-corrected chi connectivity index (χ3v) is 4.58. The first-order valence-corrected chi connectivity index (χ1v) is 7.73. The molecule has 3 aliphatic heterocycles. The van der Waals surface area contributed by atoms with E-state index in [1.165, 1.54) is 32.7 Å². The molecule has 3 saturated heterocycles. The molecule has 0 amide bonds. The van der Waals surface area contributed by atoms with E-state index in [1.54, 1.807) is 10.8 Å². The molecule has 5 rings (SSSR count). The first-order chi connectivity index (χ1) is 10.3. The van der Waals surface area contributed by atoms with Gasteiger partial charge in [-0.05, 0) is 6.42 Å². The lowest BCUT2D eigenvalue weighted by atomic mass is 10.1. The van der Waals surface area contributed by atoms with Gasteiger partial charge in [-0.15, -0.1) is 0 Å². The normalized spacial score (nSPS) is 28.1. The smallest absolute Gasteiger partial charge is 0.254 e. The molecule has 3 aliphatic rings. The number of nitrogens with one attached hydrogen (secondary N) is 1. The summed E-state index contributed by atoms with van der Waals surface area (Å²) in [6, 6.07) is 2.67. The SMILES string of the molecule is CCc1cc(NCC2CN3CCN2CC3)n2ncnc2n1. The van der Waals surface area contributed by atoms with Crippen LogP contribution in [0.15, 0.2) is 12.4 Å². The number of hydrogen-bond acceptors (Lipinski definition) is 6. The molecule has 1 N–H and O–H groups in total. The lowest BCUT2D eigenvalue weighted by Crippen LogP contribution is -2.62. The number of hydrogen-bond donors (Lipinski definition) is 1. The molecule has 1 unspecified atom stereocenters. The summed E-state index contributed by atoms with van der Waals surface area (Å²) in [4.78, 5) is 13.8. The fourth-order valence-corrected chi connectivity index (χ4v) is 3.31. The Balaban J connectivity index is 1.53. The molecule has 0 spiro atoms. The van der Waals surface area contributed by atoms with E-state index in [0.29, 0.717) is 11.8 Å². The Morgan fingerprint density at radius 2 is 2.14 bits per heavy atom. The van der Waals surface area contributed by atoms with Crippen molar-refractivity contribution in [2.24, 2.45) is 0 Å². The molecule has 21 heavy (non-hydrogen) atoms. The Labute approximate surface area is 124 Å². The molecule has 5 heterocycles. The molecular weight excluding hydrogens is 266 g/mol. The molecule has 0 saturated carbocycles. The first-order valence-electron chi connectivity index (χ1n) is 7.73. The van der Waals surface area contributed by atoms with Gasteiger partial charge < -0.3 is 5.32 Å². The van der Waals surface area contributed by atoms with Gasteiger partial charge in [0.25, 0.3) is 5.78 Å². The zero-order chi connectivity index (χ0) is 14.2. The molecule has 112 valence electrons. The van der Waals surface area contributed by atoms with Crippen molar-refractivity contribution in [2.75, 3.05) is 44.6 Å². The van der Waals surface area contributed by atoms with Crippen LogP contribution in [0.25, 0.3) is 5.78 Å². The fraction of sp³-hybridized carbons (Fsp3) is 0.643. The third-order valence-electron chi connectivity index (χ3n) is 4.58. The van der Waals surface area contributed by atoms with Crippen LogP contribution in [0.3, 0.4) is 0 Å². The number of rotatable bonds is 4. The van der Waals surface area contributed by atoms with Gasteiger partial charge in [-0.2, -0.15) is 14.6 Å². The Kier molecular flexibility index (Phi) is 3.23. The van der Waals surface area contributed by atoms with Gasteiger partial charge in [0.1, 0.15) is 12.1 Å². The number of nitrogens with zero attached hydrogens (tertiary/aromatic N) is 6. The van der Waals surface area contributed by atoms with Gasteiger partial charge in [0.15, 0.2) is 0 Å². The minimum atomic E-state index is 0.587. The standard InChI is InChI=1S/C14H21N7/c1-2-11-7-13(21-14(18-11)16-10-17-21)15-8-12-9-19-3-5-20(12)6-4-19/h7,10,12,15H,2-6,8-9H2,1H3. The van der Waals surface area contributed by atoms with Crippen molar-refractivity contribution in [3.05, 3.63) is 18.1 Å². The van der Waals surface area contributed by atoms with E-state index in [9.17, 15) is 0 Å². The molecular formula is C14H21N7. The lowest BCUT2D eigenvalue weighted by molar-refractivity contribution is 0.0189. The number of aromatic nitrogens is 4. The summed E-state index contributed by atoms with van der Waals surface area (Å²) in [6.45, 7) is 9.05. The molecule has 7 heteroatoms. The largest absolute Gasteiger partial charge is 0.368 e. The van der Waals surface area contributed by atoms with Gasteiger partial charge in [-0.25, -0.2) is 4.98 Å². The minimum absolute atomic E-state index is 0.587. The Bertz CT molecular complexity index is 629. The molecule has 0 aromatic carbocycles. The van der Waals surface area contributed by atoms with E-state index < -0.39 is 0 Å². The van der Waals surface area contributed by atoms with Gasteiger partial charge in [-0.1, -0.05) is 6.92 Å². The van der Waals surface area contributed by atoms with Crippen LogP contribution in [0.4, 0.5) is 5.82 Å². The first kappa shape index (κ1) is 13.0. The minimum Gasteiger partial charge on any atom is -0.368 e. The van der Waals surface area contributed by atoms with E-state index in [2.05, 4.69) is 43.2 Å². The molecule has 2 bridgehead atoms. The van der Waals surface area contributed by atoms with E-state index in [0.717, 1.165) is 24.5 Å². The highest BCUT2D eigenvalue weighted by Crippen LogP contribution is 2.17. The topological polar surface area (TPSA) is 61.6 Å². The van der Waals surface area contributed by atoms with E-state index >= 15 is 0 Å². The molecule has 7 nitrogen and oxygen atoms in total. The summed E-state index contributed by atoms with van der Waals surface area (Å²) in [5.41, 5.74) is 1.05. The molecule has 2 aromatic heterocycles. The maximum Gasteiger partial charge on any atom is 0.254 e. The second-order valence-electron chi connectivity index (χ2n) is 5.83. The second-order valence-corrected chi connectivity index (χ2v) is 5.83. The summed E-state index contributed by atoms with van der Waals surface area (Å²) in [5.74, 6) is 1.66. The number of aryl methyl sites for hydroxylation is 1. The van der Waals surface area contributed by atoms with Crippen LogP contribution >= 0.6 is 0 Å². The average molecular weight is 287 g/mol. The van der Waals surface area contributed by atoms with Crippen molar-refractivity contribution in [3.63, 3.8) is 0 Å². The second kappa shape index (κ2) is 5.23. The van der Waals surface area contributed by atoms with Gasteiger partial charge in [-0.3, -0.25) is 9.80 Å². The number of piperazine rings is 3. The summed E-state index contributed by atoms with van der Waals surface area (Å²) in [7, 11) is 0. The quantitative estimate of drug-likeness (QED) is 0.860. The van der Waals surface area contributed by atoms with Gasteiger partial charge in [0.2, 0.25) is 0 Å². The van der Waals surface area contributed by atoms with Crippen LogP contribution in [0.5, 0.6) is 0 Å². The molecule has 1 atom stereocenters. The van der Waals surface area contributed by atoms with Gasteiger partial charge in [0.05, 0.1) is 0 Å². The third kappa shape index (κ3) is 2.36. The zero-order valence-corrected chi connectivity index (χ0v) is 12.4. The molecule has 0 radical (unpaired) electrons. The maximum atomic E-state index is 4.48. The molecule has 2 aromatic rings. The lowest BCUT2D eigenvalue weighted by Gasteiger charge is -2.47. The highest BCUT2D eigenvalue weighted by Gasteiger charge is 2.31. The van der Waals surface area contributed by atoms with Crippen molar-refractivity contribution >= 4 is 11.6 Å². The van der Waals surface area contributed by atoms with E-state index in [4.69, 9.17) is 0 Å². The average Bonchev–Trinajstić information content (AvgIpc) is 3.02. The van der Waals surface area contributed by atoms with Crippen LogP contribution in [0.2, 0.25) is 0 Å². The zero-order valence-electron chi connectivity index (χ0n) is 12.4. The van der Waals surface area contributed by atoms with Crippen molar-refractivity contribution in [3.8, 4) is 0 Å². The Morgan fingerprint density at radius 3 is 2.86 bits per heavy atom. The summed E-state index contributed by atoms with van der Waals surface area (Å²) < 4.78 is 1.79. The summed E-state index contributed by atoms with van der Waals surface area (Å²) in [5, 5.41) is 7.82. The predicted molar refractivity (Wildman–Crippen MR) is 80.5 cm³/mol. The summed E-state index contributed by atoms with van der Waals surface area (Å²) in [6.07, 6.45) is 2.46. The van der Waals surface area contributed by atoms with Crippen LogP contribution in [-0.4, -0.2) is 74.7 Å². The van der Waals surface area contributed by atoms with Crippen molar-refractivity contribution < 1.29 is 0 Å². The van der Waals surface area contributed by atoms with Crippen LogP contribution in [0.1, 0.15) is 12.6 Å². The van der Waals surface area contributed by atoms with Crippen LogP contribution in [0, 0.1) is 0 Å². The van der Waals surface area contributed by atoms with Crippen LogP contribution < -0.4 is 5.32 Å². The van der Waals surface area contributed by atoms with Gasteiger partial charge in [0, 0.05) is 57.1 Å². The molecule has 3 fully saturated rings. The van der Waals surface area contributed by atoms with Gasteiger partial charge >= 0.3 is 0 Å². The Hall–Kier alpha value is -1.73. The Morgan fingerprint density at radius 1 is 1.29 bits per heavy atom. The number of fused-ring (bicyclic) bond motifs is 4.